The van der Waals surface area contributed by atoms with E-state index in [1.165, 1.54) is 16.2 Å². The lowest BCUT2D eigenvalue weighted by Gasteiger charge is -2.33. The summed E-state index contributed by atoms with van der Waals surface area (Å²) in [6.45, 7) is 3.87. The lowest BCUT2D eigenvalue weighted by atomic mass is 9.91. The number of rotatable bonds is 13. The minimum Gasteiger partial charge on any atom is -0.389 e. The van der Waals surface area contributed by atoms with Crippen molar-refractivity contribution < 1.29 is 19.8 Å². The summed E-state index contributed by atoms with van der Waals surface area (Å²) in [5.74, 6) is -0.731. The van der Waals surface area contributed by atoms with E-state index < -0.39 is 42.3 Å². The summed E-state index contributed by atoms with van der Waals surface area (Å²) in [5.41, 5.74) is 14.4. The average molecular weight is 569 g/mol. The summed E-state index contributed by atoms with van der Waals surface area (Å²) in [5, 5.41) is 30.1. The van der Waals surface area contributed by atoms with Crippen molar-refractivity contribution >= 4 is 28.4 Å². The van der Waals surface area contributed by atoms with Crippen LogP contribution in [-0.4, -0.2) is 69.4 Å². The number of anilines is 1. The first kappa shape index (κ1) is 31.0. The second-order valence-electron chi connectivity index (χ2n) is 10.3. The van der Waals surface area contributed by atoms with Gasteiger partial charge in [-0.1, -0.05) is 74.5 Å². The number of nitrogens with two attached hydrogens (primary N) is 2. The van der Waals surface area contributed by atoms with E-state index in [1.807, 2.05) is 74.5 Å². The summed E-state index contributed by atoms with van der Waals surface area (Å²) in [6.07, 6.45) is -2.05. The van der Waals surface area contributed by atoms with Crippen LogP contribution in [0.15, 0.2) is 66.0 Å². The summed E-state index contributed by atoms with van der Waals surface area (Å²) < 4.78 is 0. The third kappa shape index (κ3) is 9.02. The molecule has 0 fully saturated rings. The van der Waals surface area contributed by atoms with E-state index >= 15 is 0 Å². The third-order valence-corrected chi connectivity index (χ3v) is 7.41. The fourth-order valence-corrected chi connectivity index (χ4v) is 4.94. The number of aliphatic hydroxyl groups is 2. The number of hydrogen-bond donors (Lipinski definition) is 6. The largest absolute Gasteiger partial charge is 0.389 e. The normalized spacial score (nSPS) is 15.1. The number of urea groups is 1. The molecule has 8 N–H and O–H groups in total. The van der Waals surface area contributed by atoms with Crippen LogP contribution in [0.1, 0.15) is 30.7 Å². The van der Waals surface area contributed by atoms with Crippen LogP contribution in [0.3, 0.4) is 0 Å². The van der Waals surface area contributed by atoms with E-state index in [-0.39, 0.29) is 18.9 Å². The summed E-state index contributed by atoms with van der Waals surface area (Å²) in [4.78, 5) is 32.0. The van der Waals surface area contributed by atoms with Crippen molar-refractivity contribution in [2.75, 3.05) is 12.8 Å². The van der Waals surface area contributed by atoms with E-state index in [1.54, 1.807) is 12.4 Å². The lowest BCUT2D eigenvalue weighted by molar-refractivity contribution is -0.126. The second kappa shape index (κ2) is 14.8. The molecule has 3 rings (SSSR count). The maximum Gasteiger partial charge on any atom is 0.318 e. The van der Waals surface area contributed by atoms with Gasteiger partial charge >= 0.3 is 6.03 Å². The zero-order valence-electron chi connectivity index (χ0n) is 23.1. The molecule has 0 radical (unpaired) electrons. The van der Waals surface area contributed by atoms with Crippen LogP contribution >= 0.6 is 11.3 Å². The third-order valence-electron chi connectivity index (χ3n) is 6.68. The number of amides is 3. The van der Waals surface area contributed by atoms with Crippen LogP contribution in [0.2, 0.25) is 0 Å². The van der Waals surface area contributed by atoms with Crippen LogP contribution in [0.4, 0.5) is 9.93 Å². The highest BCUT2D eigenvalue weighted by molar-refractivity contribution is 7.13. The van der Waals surface area contributed by atoms with Gasteiger partial charge in [0.05, 0.1) is 24.4 Å². The Hall–Kier alpha value is -3.51. The van der Waals surface area contributed by atoms with Gasteiger partial charge in [0.2, 0.25) is 5.91 Å². The van der Waals surface area contributed by atoms with E-state index in [2.05, 4.69) is 15.6 Å². The molecule has 0 aliphatic heterocycles. The summed E-state index contributed by atoms with van der Waals surface area (Å²) >= 11 is 1.29. The SMILES string of the molecule is CC(C)[C@H](NC(=O)N(C)Cc1csc(N)n1)C(=O)N[C@@H](Cc1ccccc1)[C@H](O)[C@H](O)[C@@H](N)Cc1ccccc1. The lowest BCUT2D eigenvalue weighted by Crippen LogP contribution is -2.59. The molecule has 0 saturated heterocycles. The van der Waals surface area contributed by atoms with Crippen LogP contribution in [0, 0.1) is 5.92 Å². The van der Waals surface area contributed by atoms with Crippen molar-refractivity contribution in [1.29, 1.82) is 0 Å². The van der Waals surface area contributed by atoms with Crippen LogP contribution < -0.4 is 22.1 Å². The predicted octanol–water partition coefficient (Wildman–Crippen LogP) is 1.91. The molecule has 0 aliphatic carbocycles. The number of nitrogens with zero attached hydrogens (tertiary/aromatic N) is 2. The van der Waals surface area contributed by atoms with Gasteiger partial charge in [-0.2, -0.15) is 0 Å². The molecule has 0 spiro atoms. The van der Waals surface area contributed by atoms with Crippen molar-refractivity contribution in [3.8, 4) is 0 Å². The monoisotopic (exact) mass is 568 g/mol. The molecule has 1 heterocycles. The van der Waals surface area contributed by atoms with Gasteiger partial charge in [0, 0.05) is 18.5 Å². The Morgan fingerprint density at radius 2 is 1.52 bits per heavy atom. The summed E-state index contributed by atoms with van der Waals surface area (Å²) in [7, 11) is 1.60. The summed E-state index contributed by atoms with van der Waals surface area (Å²) in [6, 6.07) is 15.8. The van der Waals surface area contributed by atoms with Crippen molar-refractivity contribution in [3.63, 3.8) is 0 Å². The first-order valence-corrected chi connectivity index (χ1v) is 14.1. The van der Waals surface area contributed by atoms with Crippen molar-refractivity contribution in [3.05, 3.63) is 82.9 Å². The van der Waals surface area contributed by atoms with Gasteiger partial charge in [-0.25, -0.2) is 9.78 Å². The average Bonchev–Trinajstić information content (AvgIpc) is 3.35. The van der Waals surface area contributed by atoms with E-state index in [4.69, 9.17) is 11.5 Å². The molecule has 0 unspecified atom stereocenters. The molecule has 1 aromatic heterocycles. The molecule has 216 valence electrons. The highest BCUT2D eigenvalue weighted by Gasteiger charge is 2.34. The highest BCUT2D eigenvalue weighted by Crippen LogP contribution is 2.16. The number of nitrogen functional groups attached to an aromatic ring is 1. The molecule has 0 bridgehead atoms. The second-order valence-corrected chi connectivity index (χ2v) is 11.2. The molecule has 3 aromatic rings. The molecule has 10 nitrogen and oxygen atoms in total. The van der Waals surface area contributed by atoms with Gasteiger partial charge < -0.3 is 37.2 Å². The topological polar surface area (TPSA) is 167 Å². The Bertz CT molecular complexity index is 1210. The molecular weight excluding hydrogens is 528 g/mol. The van der Waals surface area contributed by atoms with Gasteiger partial charge in [-0.3, -0.25) is 4.79 Å². The Morgan fingerprint density at radius 1 is 0.950 bits per heavy atom. The number of carbonyl (C=O) groups excluding carboxylic acids is 2. The van der Waals surface area contributed by atoms with Crippen molar-refractivity contribution in [1.82, 2.24) is 20.5 Å². The molecule has 0 saturated carbocycles. The van der Waals surface area contributed by atoms with Crippen molar-refractivity contribution in [2.24, 2.45) is 11.7 Å². The predicted molar refractivity (Wildman–Crippen MR) is 157 cm³/mol. The molecular formula is C29H40N6O4S. The Balaban J connectivity index is 1.72. The molecule has 0 aliphatic rings. The van der Waals surface area contributed by atoms with Gasteiger partial charge in [0.15, 0.2) is 5.13 Å². The highest BCUT2D eigenvalue weighted by atomic mass is 32.1. The van der Waals surface area contributed by atoms with Gasteiger partial charge in [0.25, 0.3) is 0 Å². The van der Waals surface area contributed by atoms with Gasteiger partial charge in [-0.15, -0.1) is 11.3 Å². The van der Waals surface area contributed by atoms with Crippen LogP contribution in [-0.2, 0) is 24.2 Å². The smallest absolute Gasteiger partial charge is 0.318 e. The Morgan fingerprint density at radius 3 is 2.05 bits per heavy atom. The van der Waals surface area contributed by atoms with Crippen molar-refractivity contribution in [2.45, 2.75) is 63.6 Å². The van der Waals surface area contributed by atoms with E-state index in [9.17, 15) is 19.8 Å². The number of nitrogens with one attached hydrogen (secondary N) is 2. The number of aliphatic hydroxyl groups excluding tert-OH is 2. The number of benzene rings is 2. The standard InChI is InChI=1S/C29H40N6O4S/c1-18(2)24(34-29(39)35(3)16-21-17-40-28(31)32-21)27(38)33-23(15-20-12-8-5-9-13-20)26(37)25(36)22(30)14-19-10-6-4-7-11-19/h4-13,17-18,22-26,36-37H,14-16,30H2,1-3H3,(H2,31,32)(H,33,38)(H,34,39)/t22-,23-,24-,25+,26-/m0/s1. The zero-order valence-corrected chi connectivity index (χ0v) is 23.9. The molecule has 40 heavy (non-hydrogen) atoms. The quantitative estimate of drug-likeness (QED) is 0.183. The first-order chi connectivity index (χ1) is 19.0. The number of hydrogen-bond acceptors (Lipinski definition) is 8. The maximum atomic E-state index is 13.5. The Kier molecular flexibility index (Phi) is 11.4. The maximum absolute atomic E-state index is 13.5. The number of carbonyl (C=O) groups is 2. The molecule has 5 atom stereocenters. The zero-order chi connectivity index (χ0) is 29.2. The minimum atomic E-state index is -1.36. The van der Waals surface area contributed by atoms with Crippen LogP contribution in [0.25, 0.3) is 0 Å². The van der Waals surface area contributed by atoms with E-state index in [0.717, 1.165) is 11.1 Å². The minimum absolute atomic E-state index is 0.229. The first-order valence-electron chi connectivity index (χ1n) is 13.3. The molecule has 11 heteroatoms. The molecule has 3 amide bonds. The molecule has 2 aromatic carbocycles. The van der Waals surface area contributed by atoms with Gasteiger partial charge in [0.1, 0.15) is 12.1 Å². The van der Waals surface area contributed by atoms with E-state index in [0.29, 0.717) is 17.2 Å². The number of thiazole rings is 1. The number of aromatic nitrogens is 1. The Labute approximate surface area is 239 Å². The van der Waals surface area contributed by atoms with Gasteiger partial charge in [-0.05, 0) is 29.9 Å². The fraction of sp³-hybridized carbons (Fsp3) is 0.414. The van der Waals surface area contributed by atoms with Crippen LogP contribution in [0.5, 0.6) is 0 Å². The fourth-order valence-electron chi connectivity index (χ4n) is 4.38.